The minimum atomic E-state index is -1.67. The van der Waals surface area contributed by atoms with Crippen molar-refractivity contribution in [2.24, 2.45) is 0 Å². The predicted octanol–water partition coefficient (Wildman–Crippen LogP) is 0.773. The smallest absolute Gasteiger partial charge is 0.202 e. The van der Waals surface area contributed by atoms with Crippen molar-refractivity contribution < 1.29 is 54.4 Å². The van der Waals surface area contributed by atoms with Crippen LogP contribution in [0, 0.1) is 6.92 Å². The van der Waals surface area contributed by atoms with Gasteiger partial charge in [-0.15, -0.1) is 0 Å². The van der Waals surface area contributed by atoms with Gasteiger partial charge in [0.15, 0.2) is 12.1 Å². The number of benzene rings is 2. The van der Waals surface area contributed by atoms with Gasteiger partial charge in [0.25, 0.3) is 0 Å². The SMILES string of the molecule is COc1c(C)ccc2c1C(=O)c1c(O)c3c(c(O)c1C2=O)C[C@@](C)(O)C[C@@H]3OC1OC(C)C(O)C(O)C1O. The minimum absolute atomic E-state index is 0.00473. The van der Waals surface area contributed by atoms with Crippen LogP contribution in [0.3, 0.4) is 0 Å². The predicted molar refractivity (Wildman–Crippen MR) is 129 cm³/mol. The normalized spacial score (nSPS) is 32.4. The van der Waals surface area contributed by atoms with Gasteiger partial charge in [0, 0.05) is 29.5 Å². The number of phenolic OH excluding ortho intramolecular Hbond substituents is 2. The number of aryl methyl sites for hydroxylation is 1. The third-order valence-electron chi connectivity index (χ3n) is 7.69. The summed E-state index contributed by atoms with van der Waals surface area (Å²) in [6, 6.07) is 3.07. The van der Waals surface area contributed by atoms with Crippen LogP contribution < -0.4 is 4.74 Å². The Labute approximate surface area is 217 Å². The van der Waals surface area contributed by atoms with E-state index in [0.29, 0.717) is 5.56 Å². The van der Waals surface area contributed by atoms with E-state index < -0.39 is 71.0 Å². The summed E-state index contributed by atoms with van der Waals surface area (Å²) in [4.78, 5) is 27.2. The van der Waals surface area contributed by atoms with Gasteiger partial charge in [-0.25, -0.2) is 0 Å². The highest BCUT2D eigenvalue weighted by atomic mass is 16.7. The maximum Gasteiger partial charge on any atom is 0.202 e. The second-order valence-corrected chi connectivity index (χ2v) is 10.5. The molecule has 1 aliphatic heterocycles. The molecule has 0 bridgehead atoms. The van der Waals surface area contributed by atoms with Crippen LogP contribution in [0.15, 0.2) is 12.1 Å². The summed E-state index contributed by atoms with van der Waals surface area (Å²) >= 11 is 0. The lowest BCUT2D eigenvalue weighted by atomic mass is 9.73. The molecule has 0 radical (unpaired) electrons. The first kappa shape index (κ1) is 26.5. The molecule has 1 heterocycles. The number of aromatic hydroxyl groups is 2. The molecule has 0 saturated carbocycles. The Morgan fingerprint density at radius 1 is 0.974 bits per heavy atom. The van der Waals surface area contributed by atoms with Crippen molar-refractivity contribution in [3.05, 3.63) is 51.1 Å². The summed E-state index contributed by atoms with van der Waals surface area (Å²) in [5.74, 6) is -2.44. The monoisotopic (exact) mass is 530 g/mol. The number of ketones is 2. The quantitative estimate of drug-likeness (QED) is 0.263. The maximum atomic E-state index is 13.7. The van der Waals surface area contributed by atoms with Crippen LogP contribution in [-0.4, -0.2) is 85.6 Å². The molecule has 6 N–H and O–H groups in total. The molecule has 204 valence electrons. The zero-order chi connectivity index (χ0) is 27.8. The highest BCUT2D eigenvalue weighted by Crippen LogP contribution is 2.52. The van der Waals surface area contributed by atoms with Crippen molar-refractivity contribution in [3.63, 3.8) is 0 Å². The third kappa shape index (κ3) is 3.81. The number of ether oxygens (including phenoxy) is 3. The highest BCUT2D eigenvalue weighted by Gasteiger charge is 2.48. The van der Waals surface area contributed by atoms with Crippen LogP contribution in [-0.2, 0) is 15.9 Å². The van der Waals surface area contributed by atoms with Gasteiger partial charge < -0.3 is 44.8 Å². The minimum Gasteiger partial charge on any atom is -0.507 e. The third-order valence-corrected chi connectivity index (χ3v) is 7.69. The standard InChI is InChI=1S/C27H30O11/c1-9-5-6-11-15(25(9)36-4)22(32)17-16(19(11)29)20(30)12-7-27(3,35)8-13(14(12)21(17)31)38-26-24(34)23(33)18(28)10(2)37-26/h5-6,10,13,18,23-24,26,28,30-31,33-35H,7-8H2,1-4H3/t10?,13-,18?,23?,24?,26?,27+/m0/s1. The molecule has 2 aliphatic carbocycles. The molecular formula is C27H30O11. The van der Waals surface area contributed by atoms with E-state index in [1.54, 1.807) is 13.0 Å². The van der Waals surface area contributed by atoms with Crippen LogP contribution in [0.25, 0.3) is 0 Å². The average Bonchev–Trinajstić information content (AvgIpc) is 2.85. The van der Waals surface area contributed by atoms with E-state index in [2.05, 4.69) is 0 Å². The molecule has 1 saturated heterocycles. The number of rotatable bonds is 3. The number of hydrogen-bond acceptors (Lipinski definition) is 11. The molecule has 0 amide bonds. The molecule has 0 spiro atoms. The summed E-state index contributed by atoms with van der Waals surface area (Å²) in [7, 11) is 1.36. The van der Waals surface area contributed by atoms with Gasteiger partial charge in [-0.1, -0.05) is 6.07 Å². The fraction of sp³-hybridized carbons (Fsp3) is 0.481. The largest absolute Gasteiger partial charge is 0.507 e. The lowest BCUT2D eigenvalue weighted by molar-refractivity contribution is -0.308. The highest BCUT2D eigenvalue weighted by molar-refractivity contribution is 6.31. The number of carbonyl (C=O) groups excluding carboxylic acids is 2. The number of fused-ring (bicyclic) bond motifs is 3. The van der Waals surface area contributed by atoms with Gasteiger partial charge in [0.1, 0.15) is 35.6 Å². The first-order valence-corrected chi connectivity index (χ1v) is 12.2. The van der Waals surface area contributed by atoms with Crippen LogP contribution in [0.2, 0.25) is 0 Å². The van der Waals surface area contributed by atoms with Crippen LogP contribution >= 0.6 is 0 Å². The van der Waals surface area contributed by atoms with Crippen LogP contribution in [0.1, 0.15) is 74.9 Å². The van der Waals surface area contributed by atoms with E-state index in [1.807, 2.05) is 0 Å². The summed E-state index contributed by atoms with van der Waals surface area (Å²) in [5.41, 5.74) is -1.79. The summed E-state index contributed by atoms with van der Waals surface area (Å²) in [6.45, 7) is 4.64. The van der Waals surface area contributed by atoms with Crippen molar-refractivity contribution in [2.75, 3.05) is 7.11 Å². The topological polar surface area (TPSA) is 183 Å². The molecule has 2 aromatic carbocycles. The zero-order valence-corrected chi connectivity index (χ0v) is 21.3. The second-order valence-electron chi connectivity index (χ2n) is 10.5. The van der Waals surface area contributed by atoms with E-state index in [9.17, 15) is 40.2 Å². The molecule has 0 aromatic heterocycles. The van der Waals surface area contributed by atoms with Crippen molar-refractivity contribution in [1.29, 1.82) is 0 Å². The van der Waals surface area contributed by atoms with E-state index >= 15 is 0 Å². The van der Waals surface area contributed by atoms with Gasteiger partial charge in [0.05, 0.1) is 41.6 Å². The van der Waals surface area contributed by atoms with Gasteiger partial charge in [-0.2, -0.15) is 0 Å². The Morgan fingerprint density at radius 2 is 1.63 bits per heavy atom. The molecule has 5 rings (SSSR count). The molecule has 11 nitrogen and oxygen atoms in total. The molecule has 5 unspecified atom stereocenters. The number of hydrogen-bond donors (Lipinski definition) is 6. The first-order chi connectivity index (χ1) is 17.8. The Bertz CT molecular complexity index is 1350. The van der Waals surface area contributed by atoms with Crippen molar-refractivity contribution >= 4 is 11.6 Å². The molecule has 2 aromatic rings. The Morgan fingerprint density at radius 3 is 2.29 bits per heavy atom. The van der Waals surface area contributed by atoms with Crippen molar-refractivity contribution in [2.45, 2.75) is 76.0 Å². The Kier molecular flexibility index (Phi) is 6.29. The average molecular weight is 531 g/mol. The summed E-state index contributed by atoms with van der Waals surface area (Å²) in [5, 5.41) is 64.4. The number of aliphatic hydroxyl groups excluding tert-OH is 3. The Hall–Kier alpha value is -3.06. The fourth-order valence-corrected chi connectivity index (χ4v) is 5.74. The number of carbonyl (C=O) groups is 2. The van der Waals surface area contributed by atoms with Gasteiger partial charge in [-0.05, 0) is 32.4 Å². The van der Waals surface area contributed by atoms with Crippen molar-refractivity contribution in [1.82, 2.24) is 0 Å². The number of phenols is 2. The maximum absolute atomic E-state index is 13.7. The summed E-state index contributed by atoms with van der Waals surface area (Å²) < 4.78 is 16.8. The van der Waals surface area contributed by atoms with Crippen LogP contribution in [0.4, 0.5) is 0 Å². The fourth-order valence-electron chi connectivity index (χ4n) is 5.74. The van der Waals surface area contributed by atoms with Crippen molar-refractivity contribution in [3.8, 4) is 17.2 Å². The molecular weight excluding hydrogens is 500 g/mol. The summed E-state index contributed by atoms with van der Waals surface area (Å²) in [6.07, 6.45) is -8.59. The molecule has 7 atom stereocenters. The molecule has 38 heavy (non-hydrogen) atoms. The lowest BCUT2D eigenvalue weighted by Crippen LogP contribution is -2.57. The zero-order valence-electron chi connectivity index (χ0n) is 21.3. The van der Waals surface area contributed by atoms with Gasteiger partial charge in [-0.3, -0.25) is 9.59 Å². The van der Waals surface area contributed by atoms with E-state index in [-0.39, 0.29) is 46.4 Å². The first-order valence-electron chi connectivity index (χ1n) is 12.2. The number of aliphatic hydroxyl groups is 4. The lowest BCUT2D eigenvalue weighted by Gasteiger charge is -2.43. The van der Waals surface area contributed by atoms with E-state index in [0.717, 1.165) is 0 Å². The van der Waals surface area contributed by atoms with Crippen LogP contribution in [0.5, 0.6) is 17.2 Å². The molecule has 11 heteroatoms. The Balaban J connectivity index is 1.67. The van der Waals surface area contributed by atoms with E-state index in [1.165, 1.54) is 27.0 Å². The number of methoxy groups -OCH3 is 1. The molecule has 1 fully saturated rings. The molecule has 3 aliphatic rings. The second kappa shape index (κ2) is 9.01. The van der Waals surface area contributed by atoms with Gasteiger partial charge >= 0.3 is 0 Å². The van der Waals surface area contributed by atoms with E-state index in [4.69, 9.17) is 14.2 Å². The van der Waals surface area contributed by atoms with Gasteiger partial charge in [0.2, 0.25) is 5.78 Å².